The van der Waals surface area contributed by atoms with Gasteiger partial charge in [-0.05, 0) is 45.1 Å². The summed E-state index contributed by atoms with van der Waals surface area (Å²) < 4.78 is 5.49. The molecule has 210 valence electrons. The van der Waals surface area contributed by atoms with Crippen molar-refractivity contribution >= 4 is 29.8 Å². The third kappa shape index (κ3) is 7.93. The number of carbonyl (C=O) groups excluding carboxylic acids is 4. The first-order valence-electron chi connectivity index (χ1n) is 12.9. The number of primary amides is 1. The van der Waals surface area contributed by atoms with E-state index in [0.717, 1.165) is 5.56 Å². The van der Waals surface area contributed by atoms with Gasteiger partial charge in [-0.2, -0.15) is 0 Å². The Morgan fingerprint density at radius 2 is 1.66 bits per heavy atom. The molecule has 1 heterocycles. The molecule has 2 rings (SSSR count). The smallest absolute Gasteiger partial charge is 0.410 e. The van der Waals surface area contributed by atoms with E-state index in [4.69, 9.17) is 10.5 Å². The van der Waals surface area contributed by atoms with Crippen LogP contribution < -0.4 is 16.4 Å². The first kappa shape index (κ1) is 30.6. The number of ether oxygens (including phenoxy) is 1. The largest absolute Gasteiger partial charge is 0.480 e. The lowest BCUT2D eigenvalue weighted by molar-refractivity contribution is -0.144. The first-order chi connectivity index (χ1) is 17.7. The summed E-state index contributed by atoms with van der Waals surface area (Å²) in [6.45, 7) is 9.53. The molecular formula is C27H40N4O7. The Bertz CT molecular complexity index is 1010. The van der Waals surface area contributed by atoms with E-state index in [1.54, 1.807) is 32.6 Å². The minimum atomic E-state index is -1.51. The highest BCUT2D eigenvalue weighted by Gasteiger charge is 2.46. The van der Waals surface area contributed by atoms with E-state index >= 15 is 0 Å². The number of carbonyl (C=O) groups is 5. The van der Waals surface area contributed by atoms with Crippen LogP contribution in [0, 0.1) is 5.92 Å². The summed E-state index contributed by atoms with van der Waals surface area (Å²) in [4.78, 5) is 64.2. The van der Waals surface area contributed by atoms with Crippen LogP contribution in [0.1, 0.15) is 65.9 Å². The number of hydrogen-bond acceptors (Lipinski definition) is 6. The number of amides is 4. The van der Waals surface area contributed by atoms with Crippen LogP contribution in [0.2, 0.25) is 0 Å². The van der Waals surface area contributed by atoms with Crippen LogP contribution in [0.3, 0.4) is 0 Å². The summed E-state index contributed by atoms with van der Waals surface area (Å²) in [5.74, 6) is -3.72. The number of aliphatic carboxylic acids is 1. The molecule has 0 bridgehead atoms. The van der Waals surface area contributed by atoms with Crippen LogP contribution in [0.25, 0.3) is 0 Å². The second kappa shape index (κ2) is 12.7. The van der Waals surface area contributed by atoms with E-state index in [0.29, 0.717) is 19.3 Å². The Morgan fingerprint density at radius 3 is 2.13 bits per heavy atom. The molecule has 0 radical (unpaired) electrons. The zero-order valence-corrected chi connectivity index (χ0v) is 22.8. The fourth-order valence-electron chi connectivity index (χ4n) is 4.45. The molecule has 5 N–H and O–H groups in total. The van der Waals surface area contributed by atoms with Crippen LogP contribution in [0.5, 0.6) is 0 Å². The summed E-state index contributed by atoms with van der Waals surface area (Å²) in [5.41, 5.74) is 4.21. The maximum atomic E-state index is 13.9. The zero-order chi connectivity index (χ0) is 28.7. The predicted molar refractivity (Wildman–Crippen MR) is 140 cm³/mol. The molecule has 0 aromatic heterocycles. The summed E-state index contributed by atoms with van der Waals surface area (Å²) in [7, 11) is 0. The predicted octanol–water partition coefficient (Wildman–Crippen LogP) is 1.93. The first-order valence-corrected chi connectivity index (χ1v) is 12.9. The molecular weight excluding hydrogens is 492 g/mol. The van der Waals surface area contributed by atoms with Crippen LogP contribution in [-0.4, -0.2) is 70.6 Å². The standard InChI is InChI=1S/C27H40N4O7/c1-6-17(2)21(22(33)29-19(23(34)35)16-20(28)32)30-24(36)27(18-10-8-7-9-11-18)12-14-31(15-13-27)25(37)38-26(3,4)5/h7-11,17,19,21H,6,12-16H2,1-5H3,(H2,28,32)(H,29,33)(H,30,36)(H,34,35)/t17-,19-,21-/m0/s1. The van der Waals surface area contributed by atoms with Crippen molar-refractivity contribution in [2.45, 2.75) is 83.4 Å². The van der Waals surface area contributed by atoms with E-state index in [1.165, 1.54) is 0 Å². The molecule has 11 heteroatoms. The minimum Gasteiger partial charge on any atom is -0.480 e. The van der Waals surface area contributed by atoms with Crippen molar-refractivity contribution < 1.29 is 33.8 Å². The summed E-state index contributed by atoms with van der Waals surface area (Å²) in [6, 6.07) is 6.61. The maximum Gasteiger partial charge on any atom is 0.410 e. The van der Waals surface area contributed by atoms with Crippen molar-refractivity contribution in [1.29, 1.82) is 0 Å². The lowest BCUT2D eigenvalue weighted by atomic mass is 9.71. The minimum absolute atomic E-state index is 0.275. The molecule has 3 atom stereocenters. The Balaban J connectivity index is 2.31. The van der Waals surface area contributed by atoms with Gasteiger partial charge in [-0.3, -0.25) is 14.4 Å². The molecule has 0 saturated carbocycles. The van der Waals surface area contributed by atoms with Gasteiger partial charge in [-0.1, -0.05) is 50.6 Å². The highest BCUT2D eigenvalue weighted by atomic mass is 16.6. The van der Waals surface area contributed by atoms with E-state index in [-0.39, 0.29) is 19.0 Å². The lowest BCUT2D eigenvalue weighted by Gasteiger charge is -2.42. The second-order valence-corrected chi connectivity index (χ2v) is 10.8. The van der Waals surface area contributed by atoms with Crippen LogP contribution in [0.4, 0.5) is 4.79 Å². The number of benzene rings is 1. The number of nitrogens with two attached hydrogens (primary N) is 1. The fraction of sp³-hybridized carbons (Fsp3) is 0.593. The lowest BCUT2D eigenvalue weighted by Crippen LogP contribution is -2.60. The second-order valence-electron chi connectivity index (χ2n) is 10.8. The van der Waals surface area contributed by atoms with Crippen molar-refractivity contribution in [3.8, 4) is 0 Å². The Morgan fingerprint density at radius 1 is 1.08 bits per heavy atom. The molecule has 4 amide bonds. The van der Waals surface area contributed by atoms with Crippen molar-refractivity contribution in [2.75, 3.05) is 13.1 Å². The molecule has 1 aliphatic rings. The van der Waals surface area contributed by atoms with Crippen molar-refractivity contribution in [1.82, 2.24) is 15.5 Å². The molecule has 1 aromatic carbocycles. The maximum absolute atomic E-state index is 13.9. The highest BCUT2D eigenvalue weighted by Crippen LogP contribution is 2.36. The van der Waals surface area contributed by atoms with E-state index in [9.17, 15) is 29.1 Å². The summed E-state index contributed by atoms with van der Waals surface area (Å²) in [6.07, 6.45) is 0.103. The van der Waals surface area contributed by atoms with Crippen LogP contribution in [-0.2, 0) is 29.3 Å². The van der Waals surface area contributed by atoms with Gasteiger partial charge >= 0.3 is 12.1 Å². The topological polar surface area (TPSA) is 168 Å². The molecule has 1 aliphatic heterocycles. The van der Waals surface area contributed by atoms with Crippen molar-refractivity contribution in [3.63, 3.8) is 0 Å². The molecule has 0 unspecified atom stereocenters. The highest BCUT2D eigenvalue weighted by molar-refractivity contribution is 5.95. The van der Waals surface area contributed by atoms with Crippen molar-refractivity contribution in [3.05, 3.63) is 35.9 Å². The number of piperidine rings is 1. The summed E-state index contributed by atoms with van der Waals surface area (Å²) in [5, 5.41) is 14.6. The molecule has 11 nitrogen and oxygen atoms in total. The van der Waals surface area contributed by atoms with E-state index in [2.05, 4.69) is 10.6 Å². The quantitative estimate of drug-likeness (QED) is 0.357. The van der Waals surface area contributed by atoms with E-state index < -0.39 is 59.3 Å². The van der Waals surface area contributed by atoms with Gasteiger partial charge in [-0.25, -0.2) is 9.59 Å². The number of likely N-dealkylation sites (tertiary alicyclic amines) is 1. The summed E-state index contributed by atoms with van der Waals surface area (Å²) >= 11 is 0. The average molecular weight is 533 g/mol. The van der Waals surface area contributed by atoms with E-state index in [1.807, 2.05) is 37.3 Å². The molecule has 0 aliphatic carbocycles. The van der Waals surface area contributed by atoms with Crippen LogP contribution in [0.15, 0.2) is 30.3 Å². The number of rotatable bonds is 10. The van der Waals surface area contributed by atoms with Gasteiger partial charge in [0.25, 0.3) is 0 Å². The van der Waals surface area contributed by atoms with Gasteiger partial charge in [0.2, 0.25) is 17.7 Å². The molecule has 1 aromatic rings. The normalized spacial score (nSPS) is 17.4. The van der Waals surface area contributed by atoms with Gasteiger partial charge in [0, 0.05) is 13.1 Å². The molecule has 1 saturated heterocycles. The third-order valence-corrected chi connectivity index (χ3v) is 6.83. The monoisotopic (exact) mass is 532 g/mol. The fourth-order valence-corrected chi connectivity index (χ4v) is 4.45. The Kier molecular flexibility index (Phi) is 10.3. The number of nitrogens with zero attached hydrogens (tertiary/aromatic N) is 1. The number of nitrogens with one attached hydrogen (secondary N) is 2. The van der Waals surface area contributed by atoms with Gasteiger partial charge in [0.1, 0.15) is 17.7 Å². The van der Waals surface area contributed by atoms with Gasteiger partial charge < -0.3 is 31.1 Å². The number of carboxylic acids is 1. The SMILES string of the molecule is CC[C@H](C)[C@H](NC(=O)C1(c2ccccc2)CCN(C(=O)OC(C)(C)C)CC1)C(=O)N[C@@H](CC(N)=O)C(=O)O. The Hall–Kier alpha value is -3.63. The van der Waals surface area contributed by atoms with Gasteiger partial charge in [-0.15, -0.1) is 0 Å². The number of carboxylic acid groups (broad SMARTS) is 1. The molecule has 38 heavy (non-hydrogen) atoms. The van der Waals surface area contributed by atoms with Gasteiger partial charge in [0.15, 0.2) is 0 Å². The average Bonchev–Trinajstić information content (AvgIpc) is 2.85. The molecule has 0 spiro atoms. The van der Waals surface area contributed by atoms with Crippen molar-refractivity contribution in [2.24, 2.45) is 11.7 Å². The zero-order valence-electron chi connectivity index (χ0n) is 22.8. The Labute approximate surface area is 223 Å². The third-order valence-electron chi connectivity index (χ3n) is 6.83. The molecule has 1 fully saturated rings. The van der Waals surface area contributed by atoms with Crippen LogP contribution >= 0.6 is 0 Å². The van der Waals surface area contributed by atoms with Gasteiger partial charge in [0.05, 0.1) is 11.8 Å². The number of hydrogen-bond donors (Lipinski definition) is 4.